The van der Waals surface area contributed by atoms with E-state index in [0.29, 0.717) is 29.0 Å². The summed E-state index contributed by atoms with van der Waals surface area (Å²) < 4.78 is 5.32. The molecule has 1 N–H and O–H groups in total. The van der Waals surface area contributed by atoms with Crippen LogP contribution in [0, 0.1) is 0 Å². The van der Waals surface area contributed by atoms with Gasteiger partial charge in [-0.05, 0) is 77.9 Å². The van der Waals surface area contributed by atoms with Gasteiger partial charge in [-0.2, -0.15) is 0 Å². The van der Waals surface area contributed by atoms with Crippen molar-refractivity contribution in [2.24, 2.45) is 0 Å². The van der Waals surface area contributed by atoms with Crippen LogP contribution in [0.3, 0.4) is 0 Å². The van der Waals surface area contributed by atoms with Crippen LogP contribution >= 0.6 is 35.3 Å². The van der Waals surface area contributed by atoms with Crippen molar-refractivity contribution in [2.75, 3.05) is 17.3 Å². The van der Waals surface area contributed by atoms with Crippen molar-refractivity contribution in [1.82, 2.24) is 0 Å². The van der Waals surface area contributed by atoms with Gasteiger partial charge in [-0.1, -0.05) is 41.9 Å². The van der Waals surface area contributed by atoms with Crippen LogP contribution in [0.25, 0.3) is 0 Å². The Kier molecular flexibility index (Phi) is 7.80. The van der Waals surface area contributed by atoms with Crippen molar-refractivity contribution in [2.45, 2.75) is 24.8 Å². The number of ether oxygens (including phenoxy) is 1. The number of para-hydroxylation sites is 2. The zero-order valence-corrected chi connectivity index (χ0v) is 23.5. The number of thiophene rings is 1. The zero-order valence-electron chi connectivity index (χ0n) is 21.1. The van der Waals surface area contributed by atoms with Crippen LogP contribution in [0.5, 0.6) is 5.75 Å². The molecule has 6 rings (SSSR count). The van der Waals surface area contributed by atoms with E-state index in [2.05, 4.69) is 5.32 Å². The van der Waals surface area contributed by atoms with Gasteiger partial charge in [-0.15, -0.1) is 23.7 Å². The lowest BCUT2D eigenvalue weighted by Gasteiger charge is -2.34. The van der Waals surface area contributed by atoms with Crippen LogP contribution in [-0.2, 0) is 4.79 Å². The number of benzene rings is 3. The van der Waals surface area contributed by atoms with Crippen molar-refractivity contribution in [3.05, 3.63) is 123 Å². The predicted molar refractivity (Wildman–Crippen MR) is 160 cm³/mol. The molecule has 1 aliphatic heterocycles. The summed E-state index contributed by atoms with van der Waals surface area (Å²) in [5.74, 6) is 0.661. The van der Waals surface area contributed by atoms with Crippen LogP contribution in [0.2, 0.25) is 5.02 Å². The molecular formula is C31H26Cl2N2O3S. The van der Waals surface area contributed by atoms with Crippen LogP contribution in [0.15, 0.2) is 102 Å². The summed E-state index contributed by atoms with van der Waals surface area (Å²) in [4.78, 5) is 30.9. The second-order valence-corrected chi connectivity index (χ2v) is 10.9. The minimum Gasteiger partial charge on any atom is -0.497 e. The highest BCUT2D eigenvalue weighted by molar-refractivity contribution is 7.10. The number of hydrogen-bond donors (Lipinski definition) is 1. The second-order valence-electron chi connectivity index (χ2n) is 9.44. The van der Waals surface area contributed by atoms with Gasteiger partial charge in [0.15, 0.2) is 5.78 Å². The van der Waals surface area contributed by atoms with Crippen LogP contribution in [0.4, 0.5) is 11.4 Å². The number of anilines is 2. The van der Waals surface area contributed by atoms with E-state index in [1.54, 1.807) is 47.6 Å². The summed E-state index contributed by atoms with van der Waals surface area (Å²) >= 11 is 7.67. The fourth-order valence-corrected chi connectivity index (χ4v) is 6.32. The lowest BCUT2D eigenvalue weighted by atomic mass is 9.79. The Morgan fingerprint density at radius 3 is 2.41 bits per heavy atom. The molecule has 0 bridgehead atoms. The first-order valence-corrected chi connectivity index (χ1v) is 13.7. The van der Waals surface area contributed by atoms with Crippen molar-refractivity contribution in [3.63, 3.8) is 0 Å². The van der Waals surface area contributed by atoms with Crippen LogP contribution in [0.1, 0.15) is 45.6 Å². The molecule has 5 nitrogen and oxygen atoms in total. The van der Waals surface area contributed by atoms with Crippen molar-refractivity contribution >= 4 is 58.4 Å². The molecule has 1 aromatic heterocycles. The Balaban J connectivity index is 0.00000308. The highest BCUT2D eigenvalue weighted by Gasteiger charge is 2.42. The Hall–Kier alpha value is -3.58. The third-order valence-electron chi connectivity index (χ3n) is 7.20. The van der Waals surface area contributed by atoms with Gasteiger partial charge < -0.3 is 10.1 Å². The Morgan fingerprint density at radius 1 is 0.974 bits per heavy atom. The summed E-state index contributed by atoms with van der Waals surface area (Å²) in [6, 6.07) is 26.0. The normalized spacial score (nSPS) is 18.3. The minimum atomic E-state index is -0.548. The van der Waals surface area contributed by atoms with Crippen LogP contribution in [-0.4, -0.2) is 18.8 Å². The monoisotopic (exact) mass is 576 g/mol. The van der Waals surface area contributed by atoms with Crippen molar-refractivity contribution < 1.29 is 14.3 Å². The number of Topliss-reactive ketones (excluding diaryl/α,β-unsaturated/α-hetero) is 1. The summed E-state index contributed by atoms with van der Waals surface area (Å²) in [7, 11) is 1.64. The molecule has 0 saturated heterocycles. The Labute approximate surface area is 242 Å². The molecule has 0 spiro atoms. The Bertz CT molecular complexity index is 1530. The highest BCUT2D eigenvalue weighted by atomic mass is 35.5. The fourth-order valence-electron chi connectivity index (χ4n) is 5.37. The molecule has 0 saturated carbocycles. The van der Waals surface area contributed by atoms with E-state index in [0.717, 1.165) is 33.3 Å². The number of rotatable bonds is 4. The van der Waals surface area contributed by atoms with E-state index in [-0.39, 0.29) is 30.0 Å². The molecular weight excluding hydrogens is 551 g/mol. The number of allylic oxidation sites excluding steroid dienone is 1. The molecule has 1 amide bonds. The molecule has 0 radical (unpaired) electrons. The predicted octanol–water partition coefficient (Wildman–Crippen LogP) is 8.05. The molecule has 2 heterocycles. The molecule has 0 fully saturated rings. The van der Waals surface area contributed by atoms with Gasteiger partial charge >= 0.3 is 0 Å². The molecule has 2 aliphatic rings. The minimum absolute atomic E-state index is 0. The van der Waals surface area contributed by atoms with E-state index in [1.165, 1.54) is 0 Å². The number of fused-ring (bicyclic) bond motifs is 1. The van der Waals surface area contributed by atoms with E-state index in [9.17, 15) is 9.59 Å². The highest BCUT2D eigenvalue weighted by Crippen LogP contribution is 2.48. The largest absolute Gasteiger partial charge is 0.497 e. The number of carbonyl (C=O) groups excluding carboxylic acids is 2. The molecule has 2 atom stereocenters. The smallest absolute Gasteiger partial charge is 0.259 e. The molecule has 4 aromatic rings. The average molecular weight is 578 g/mol. The maximum absolute atomic E-state index is 14.2. The molecule has 2 unspecified atom stereocenters. The topological polar surface area (TPSA) is 58.6 Å². The van der Waals surface area contributed by atoms with Gasteiger partial charge in [0.25, 0.3) is 5.91 Å². The summed E-state index contributed by atoms with van der Waals surface area (Å²) in [6.45, 7) is 0. The van der Waals surface area contributed by atoms with E-state index in [4.69, 9.17) is 16.3 Å². The number of nitrogens with one attached hydrogen (secondary N) is 1. The molecule has 3 aromatic carbocycles. The first-order chi connectivity index (χ1) is 18.5. The van der Waals surface area contributed by atoms with Crippen LogP contribution < -0.4 is 15.0 Å². The lowest BCUT2D eigenvalue weighted by molar-refractivity contribution is -0.116. The lowest BCUT2D eigenvalue weighted by Crippen LogP contribution is -2.38. The number of nitrogens with zero attached hydrogens (tertiary/aromatic N) is 1. The maximum Gasteiger partial charge on any atom is 0.259 e. The molecule has 8 heteroatoms. The Morgan fingerprint density at radius 2 is 1.72 bits per heavy atom. The third kappa shape index (κ3) is 5.08. The van der Waals surface area contributed by atoms with Gasteiger partial charge in [-0.3, -0.25) is 14.5 Å². The summed E-state index contributed by atoms with van der Waals surface area (Å²) in [5, 5.41) is 6.12. The third-order valence-corrected chi connectivity index (χ3v) is 8.38. The molecule has 198 valence electrons. The number of methoxy groups -OCH3 is 1. The number of amides is 1. The number of hydrogen-bond acceptors (Lipinski definition) is 5. The number of halogens is 2. The van der Waals surface area contributed by atoms with Gasteiger partial charge in [0.05, 0.1) is 18.5 Å². The molecule has 39 heavy (non-hydrogen) atoms. The number of ketones is 1. The van der Waals surface area contributed by atoms with Crippen molar-refractivity contribution in [3.8, 4) is 5.75 Å². The zero-order chi connectivity index (χ0) is 26.2. The van der Waals surface area contributed by atoms with Crippen molar-refractivity contribution in [1.29, 1.82) is 0 Å². The van der Waals surface area contributed by atoms with Gasteiger partial charge in [0.1, 0.15) is 11.8 Å². The summed E-state index contributed by atoms with van der Waals surface area (Å²) in [5.41, 5.74) is 4.63. The van der Waals surface area contributed by atoms with Gasteiger partial charge in [-0.25, -0.2) is 0 Å². The average Bonchev–Trinajstić information content (AvgIpc) is 3.43. The maximum atomic E-state index is 14.2. The van der Waals surface area contributed by atoms with E-state index >= 15 is 0 Å². The quantitative estimate of drug-likeness (QED) is 0.267. The first kappa shape index (κ1) is 27.0. The standard InChI is InChI=1S/C31H25ClN2O3S.ClH/c1-37-23-14-10-19(11-15-23)21-17-25-29(27(35)18-21)30(28-7-4-16-38-28)34(26-6-3-2-5-24(26)33-25)31(36)20-8-12-22(32)13-9-20;/h2-16,21,30,33H,17-18H2,1H3;1H. The van der Waals surface area contributed by atoms with E-state index < -0.39 is 6.04 Å². The summed E-state index contributed by atoms with van der Waals surface area (Å²) in [6.07, 6.45) is 1.03. The SMILES string of the molecule is COc1ccc(C2CC(=O)C3=C(C2)Nc2ccccc2N(C(=O)c2ccc(Cl)cc2)C3c2cccs2)cc1.Cl. The van der Waals surface area contributed by atoms with E-state index in [1.807, 2.05) is 66.0 Å². The van der Waals surface area contributed by atoms with Gasteiger partial charge in [0.2, 0.25) is 0 Å². The van der Waals surface area contributed by atoms with Gasteiger partial charge in [0, 0.05) is 33.2 Å². The molecule has 1 aliphatic carbocycles. The number of carbonyl (C=O) groups is 2. The second kappa shape index (κ2) is 11.3. The fraction of sp³-hybridized carbons (Fsp3) is 0.161. The first-order valence-electron chi connectivity index (χ1n) is 12.4.